The third kappa shape index (κ3) is 4.92. The van der Waals surface area contributed by atoms with Crippen molar-refractivity contribution >= 4 is 0 Å². The highest BCUT2D eigenvalue weighted by Gasteiger charge is 2.16. The van der Waals surface area contributed by atoms with Gasteiger partial charge in [0, 0.05) is 6.04 Å². The summed E-state index contributed by atoms with van der Waals surface area (Å²) in [6.45, 7) is 3.09. The van der Waals surface area contributed by atoms with Gasteiger partial charge in [-0.1, -0.05) is 31.1 Å². The Labute approximate surface area is 126 Å². The van der Waals surface area contributed by atoms with E-state index in [1.165, 1.54) is 37.0 Å². The van der Waals surface area contributed by atoms with Crippen LogP contribution in [0.4, 0.5) is 8.78 Å². The number of benzene rings is 1. The van der Waals surface area contributed by atoms with Crippen LogP contribution in [0.25, 0.3) is 0 Å². The Bertz CT molecular complexity index is 482. The molecule has 3 heteroatoms. The monoisotopic (exact) mass is 293 g/mol. The van der Waals surface area contributed by atoms with Gasteiger partial charge in [-0.25, -0.2) is 8.78 Å². The summed E-state index contributed by atoms with van der Waals surface area (Å²) in [5.41, 5.74) is 2.29. The van der Waals surface area contributed by atoms with E-state index in [-0.39, 0.29) is 6.04 Å². The van der Waals surface area contributed by atoms with Crippen LogP contribution in [0.5, 0.6) is 0 Å². The van der Waals surface area contributed by atoms with Crippen molar-refractivity contribution in [2.24, 2.45) is 0 Å². The first-order valence-electron chi connectivity index (χ1n) is 8.07. The Morgan fingerprint density at radius 1 is 1.14 bits per heavy atom. The van der Waals surface area contributed by atoms with Crippen LogP contribution in [-0.4, -0.2) is 12.6 Å². The number of rotatable bonds is 6. The van der Waals surface area contributed by atoms with Crippen LogP contribution in [0.2, 0.25) is 0 Å². The van der Waals surface area contributed by atoms with Gasteiger partial charge in [0.25, 0.3) is 0 Å². The Morgan fingerprint density at radius 2 is 2.00 bits per heavy atom. The molecule has 1 N–H and O–H groups in total. The summed E-state index contributed by atoms with van der Waals surface area (Å²) >= 11 is 0. The molecular weight excluding hydrogens is 268 g/mol. The highest BCUT2D eigenvalue weighted by atomic mass is 19.2. The molecule has 1 unspecified atom stereocenters. The smallest absolute Gasteiger partial charge is 0.159 e. The van der Waals surface area contributed by atoms with Crippen molar-refractivity contribution in [3.05, 3.63) is 47.0 Å². The van der Waals surface area contributed by atoms with Crippen LogP contribution in [-0.2, 0) is 6.42 Å². The molecule has 1 atom stereocenters. The van der Waals surface area contributed by atoms with Gasteiger partial charge < -0.3 is 5.32 Å². The minimum atomic E-state index is -0.773. The first kappa shape index (κ1) is 16.2. The largest absolute Gasteiger partial charge is 0.310 e. The molecule has 0 bridgehead atoms. The van der Waals surface area contributed by atoms with Gasteiger partial charge in [-0.05, 0) is 62.8 Å². The molecule has 116 valence electrons. The number of hydrogen-bond acceptors (Lipinski definition) is 1. The lowest BCUT2D eigenvalue weighted by molar-refractivity contribution is 0.503. The second kappa shape index (κ2) is 8.28. The van der Waals surface area contributed by atoms with Crippen molar-refractivity contribution in [2.45, 2.75) is 57.9 Å². The zero-order valence-electron chi connectivity index (χ0n) is 12.8. The van der Waals surface area contributed by atoms with Crippen LogP contribution in [0.1, 0.15) is 51.0 Å². The quantitative estimate of drug-likeness (QED) is 0.745. The molecule has 0 saturated carbocycles. The summed E-state index contributed by atoms with van der Waals surface area (Å²) < 4.78 is 26.4. The van der Waals surface area contributed by atoms with E-state index in [9.17, 15) is 8.78 Å². The molecule has 1 aromatic carbocycles. The van der Waals surface area contributed by atoms with Gasteiger partial charge in [0.05, 0.1) is 0 Å². The standard InChI is InChI=1S/C18H25F2N/c1-2-11-21-18(15-7-5-3-4-6-8-15)13-14-9-10-16(19)17(20)12-14/h7,9-10,12,18,21H,2-6,8,11,13H2,1H3. The zero-order chi connectivity index (χ0) is 15.1. The molecule has 0 radical (unpaired) electrons. The van der Waals surface area contributed by atoms with E-state index in [1.54, 1.807) is 6.07 Å². The van der Waals surface area contributed by atoms with Crippen LogP contribution in [0.3, 0.4) is 0 Å². The van der Waals surface area contributed by atoms with E-state index >= 15 is 0 Å². The molecule has 1 nitrogen and oxygen atoms in total. The van der Waals surface area contributed by atoms with Crippen molar-refractivity contribution in [1.82, 2.24) is 5.32 Å². The van der Waals surface area contributed by atoms with Crippen molar-refractivity contribution in [1.29, 1.82) is 0 Å². The third-order valence-electron chi connectivity index (χ3n) is 4.09. The average molecular weight is 293 g/mol. The van der Waals surface area contributed by atoms with Crippen molar-refractivity contribution in [2.75, 3.05) is 6.54 Å². The Hall–Kier alpha value is -1.22. The lowest BCUT2D eigenvalue weighted by Gasteiger charge is -2.22. The summed E-state index contributed by atoms with van der Waals surface area (Å²) in [5.74, 6) is -1.53. The molecule has 0 spiro atoms. The fourth-order valence-electron chi connectivity index (χ4n) is 2.91. The number of halogens is 2. The molecule has 0 aromatic heterocycles. The number of nitrogens with one attached hydrogen (secondary N) is 1. The van der Waals surface area contributed by atoms with Gasteiger partial charge in [0.1, 0.15) is 0 Å². The molecule has 1 aromatic rings. The summed E-state index contributed by atoms with van der Waals surface area (Å²) in [5, 5.41) is 3.56. The minimum Gasteiger partial charge on any atom is -0.310 e. The van der Waals surface area contributed by atoms with Gasteiger partial charge in [0.15, 0.2) is 11.6 Å². The first-order chi connectivity index (χ1) is 10.2. The highest BCUT2D eigenvalue weighted by Crippen LogP contribution is 2.22. The summed E-state index contributed by atoms with van der Waals surface area (Å²) in [6.07, 6.45) is 10.2. The zero-order valence-corrected chi connectivity index (χ0v) is 12.8. The van der Waals surface area contributed by atoms with Crippen LogP contribution < -0.4 is 5.32 Å². The molecule has 0 saturated heterocycles. The van der Waals surface area contributed by atoms with Crippen molar-refractivity contribution < 1.29 is 8.78 Å². The highest BCUT2D eigenvalue weighted by molar-refractivity contribution is 5.23. The predicted octanol–water partition coefficient (Wildman–Crippen LogP) is 4.77. The third-order valence-corrected chi connectivity index (χ3v) is 4.09. The predicted molar refractivity (Wildman–Crippen MR) is 83.3 cm³/mol. The minimum absolute atomic E-state index is 0.243. The topological polar surface area (TPSA) is 12.0 Å². The maximum absolute atomic E-state index is 13.4. The lowest BCUT2D eigenvalue weighted by atomic mass is 9.95. The Kier molecular flexibility index (Phi) is 6.37. The first-order valence-corrected chi connectivity index (χ1v) is 8.07. The van der Waals surface area contributed by atoms with E-state index in [4.69, 9.17) is 0 Å². The molecule has 0 amide bonds. The molecule has 0 aliphatic heterocycles. The van der Waals surface area contributed by atoms with E-state index in [1.807, 2.05) is 0 Å². The molecule has 1 aliphatic carbocycles. The van der Waals surface area contributed by atoms with Crippen LogP contribution >= 0.6 is 0 Å². The maximum atomic E-state index is 13.4. The van der Waals surface area contributed by atoms with Gasteiger partial charge >= 0.3 is 0 Å². The van der Waals surface area contributed by atoms with Crippen LogP contribution in [0, 0.1) is 11.6 Å². The lowest BCUT2D eigenvalue weighted by Crippen LogP contribution is -2.33. The summed E-state index contributed by atoms with van der Waals surface area (Å²) in [4.78, 5) is 0. The maximum Gasteiger partial charge on any atom is 0.159 e. The SMILES string of the molecule is CCCNC(Cc1ccc(F)c(F)c1)C1=CCCCCC1. The van der Waals surface area contributed by atoms with Crippen LogP contribution in [0.15, 0.2) is 29.8 Å². The Morgan fingerprint density at radius 3 is 2.76 bits per heavy atom. The second-order valence-electron chi connectivity index (χ2n) is 5.84. The average Bonchev–Trinajstić information content (AvgIpc) is 2.76. The molecule has 0 fully saturated rings. The number of hydrogen-bond donors (Lipinski definition) is 1. The van der Waals surface area contributed by atoms with Gasteiger partial charge in [-0.2, -0.15) is 0 Å². The van der Waals surface area contributed by atoms with E-state index in [2.05, 4.69) is 18.3 Å². The molecule has 2 rings (SSSR count). The molecule has 21 heavy (non-hydrogen) atoms. The molecule has 0 heterocycles. The fraction of sp³-hybridized carbons (Fsp3) is 0.556. The van der Waals surface area contributed by atoms with E-state index in [0.717, 1.165) is 37.8 Å². The Balaban J connectivity index is 2.11. The van der Waals surface area contributed by atoms with Crippen molar-refractivity contribution in [3.63, 3.8) is 0 Å². The normalized spacial score (nSPS) is 17.2. The molecular formula is C18H25F2N. The molecule has 1 aliphatic rings. The van der Waals surface area contributed by atoms with E-state index in [0.29, 0.717) is 0 Å². The summed E-state index contributed by atoms with van der Waals surface area (Å²) in [7, 11) is 0. The second-order valence-corrected chi connectivity index (χ2v) is 5.84. The van der Waals surface area contributed by atoms with E-state index < -0.39 is 11.6 Å². The van der Waals surface area contributed by atoms with Gasteiger partial charge in [0.2, 0.25) is 0 Å². The fourth-order valence-corrected chi connectivity index (χ4v) is 2.91. The number of allylic oxidation sites excluding steroid dienone is 1. The van der Waals surface area contributed by atoms with Gasteiger partial charge in [-0.3, -0.25) is 0 Å². The van der Waals surface area contributed by atoms with Gasteiger partial charge in [-0.15, -0.1) is 0 Å². The van der Waals surface area contributed by atoms with Crippen molar-refractivity contribution in [3.8, 4) is 0 Å². The summed E-state index contributed by atoms with van der Waals surface area (Å²) in [6, 6.07) is 4.49.